The largest absolute Gasteiger partial charge is 0.492 e. The Balaban J connectivity index is 1.83. The maximum absolute atomic E-state index is 11.3. The van der Waals surface area contributed by atoms with Crippen molar-refractivity contribution in [3.8, 4) is 5.75 Å². The predicted octanol–water partition coefficient (Wildman–Crippen LogP) is 1.62. The Bertz CT molecular complexity index is 460. The molecule has 1 heterocycles. The summed E-state index contributed by atoms with van der Waals surface area (Å²) < 4.78 is 5.81. The van der Waals surface area contributed by atoms with E-state index in [0.717, 1.165) is 38.2 Å². The van der Waals surface area contributed by atoms with E-state index in [0.29, 0.717) is 13.2 Å². The Morgan fingerprint density at radius 2 is 2.05 bits per heavy atom. The Morgan fingerprint density at radius 1 is 1.25 bits per heavy atom. The molecule has 0 aromatic heterocycles. The molecule has 20 heavy (non-hydrogen) atoms. The Morgan fingerprint density at radius 3 is 2.75 bits per heavy atom. The summed E-state index contributed by atoms with van der Waals surface area (Å²) in [7, 11) is 0. The third kappa shape index (κ3) is 3.97. The fourth-order valence-corrected chi connectivity index (χ4v) is 2.54. The zero-order chi connectivity index (χ0) is 14.4. The van der Waals surface area contributed by atoms with Gasteiger partial charge < -0.3 is 10.1 Å². The minimum absolute atomic E-state index is 0.108. The molecule has 0 unspecified atom stereocenters. The number of carbonyl (C=O) groups is 1. The average Bonchev–Trinajstić information content (AvgIpc) is 2.47. The first kappa shape index (κ1) is 14.9. The molecular weight excluding hydrogens is 252 g/mol. The standard InChI is InChI=1S/C16H24N2O2/c1-3-13-5-6-15(11-14(13)4-2)20-10-9-18-8-7-17-16(19)12-18/h5-6,11H,3-4,7-10,12H2,1-2H3,(H,17,19). The molecule has 1 N–H and O–H groups in total. The van der Waals surface area contributed by atoms with Gasteiger partial charge in [0.15, 0.2) is 0 Å². The van der Waals surface area contributed by atoms with Gasteiger partial charge in [0.2, 0.25) is 5.91 Å². The maximum atomic E-state index is 11.3. The Kier molecular flexibility index (Phi) is 5.41. The van der Waals surface area contributed by atoms with Gasteiger partial charge in [-0.25, -0.2) is 0 Å². The lowest BCUT2D eigenvalue weighted by molar-refractivity contribution is -0.124. The van der Waals surface area contributed by atoms with E-state index in [9.17, 15) is 4.79 Å². The zero-order valence-electron chi connectivity index (χ0n) is 12.4. The summed E-state index contributed by atoms with van der Waals surface area (Å²) in [6.07, 6.45) is 2.10. The van der Waals surface area contributed by atoms with Gasteiger partial charge in [-0.15, -0.1) is 0 Å². The number of hydrogen-bond donors (Lipinski definition) is 1. The summed E-state index contributed by atoms with van der Waals surface area (Å²) in [6.45, 7) is 7.90. The Hall–Kier alpha value is -1.55. The second-order valence-corrected chi connectivity index (χ2v) is 5.11. The van der Waals surface area contributed by atoms with Crippen LogP contribution in [-0.2, 0) is 17.6 Å². The van der Waals surface area contributed by atoms with Gasteiger partial charge in [-0.2, -0.15) is 0 Å². The number of ether oxygens (including phenoxy) is 1. The molecule has 0 atom stereocenters. The molecule has 1 amide bonds. The quantitative estimate of drug-likeness (QED) is 0.858. The van der Waals surface area contributed by atoms with Crippen molar-refractivity contribution in [1.82, 2.24) is 10.2 Å². The number of carbonyl (C=O) groups excluding carboxylic acids is 1. The molecule has 4 nitrogen and oxygen atoms in total. The number of piperazine rings is 1. The van der Waals surface area contributed by atoms with Crippen LogP contribution in [0.1, 0.15) is 25.0 Å². The van der Waals surface area contributed by atoms with Gasteiger partial charge in [0, 0.05) is 19.6 Å². The van der Waals surface area contributed by atoms with Gasteiger partial charge in [-0.1, -0.05) is 19.9 Å². The number of rotatable bonds is 6. The molecule has 0 spiro atoms. The van der Waals surface area contributed by atoms with Crippen LogP contribution >= 0.6 is 0 Å². The minimum atomic E-state index is 0.108. The van der Waals surface area contributed by atoms with Crippen molar-refractivity contribution in [2.75, 3.05) is 32.8 Å². The van der Waals surface area contributed by atoms with Gasteiger partial charge >= 0.3 is 0 Å². The normalized spacial score (nSPS) is 16.0. The Labute approximate surface area is 121 Å². The summed E-state index contributed by atoms with van der Waals surface area (Å²) in [5.74, 6) is 1.04. The number of benzene rings is 1. The third-order valence-electron chi connectivity index (χ3n) is 3.73. The van der Waals surface area contributed by atoms with E-state index in [4.69, 9.17) is 4.74 Å². The molecule has 110 valence electrons. The van der Waals surface area contributed by atoms with Gasteiger partial charge in [-0.3, -0.25) is 9.69 Å². The summed E-state index contributed by atoms with van der Waals surface area (Å²) in [4.78, 5) is 13.4. The molecule has 2 rings (SSSR count). The fraction of sp³-hybridized carbons (Fsp3) is 0.562. The van der Waals surface area contributed by atoms with Gasteiger partial charge in [-0.05, 0) is 36.1 Å². The van der Waals surface area contributed by atoms with Crippen molar-refractivity contribution in [3.05, 3.63) is 29.3 Å². The molecule has 1 aromatic rings. The molecular formula is C16H24N2O2. The highest BCUT2D eigenvalue weighted by Crippen LogP contribution is 2.19. The smallest absolute Gasteiger partial charge is 0.234 e. The molecule has 0 aliphatic carbocycles. The van der Waals surface area contributed by atoms with Crippen LogP contribution in [0.5, 0.6) is 5.75 Å². The van der Waals surface area contributed by atoms with E-state index in [1.165, 1.54) is 11.1 Å². The zero-order valence-corrected chi connectivity index (χ0v) is 12.4. The van der Waals surface area contributed by atoms with Gasteiger partial charge in [0.05, 0.1) is 6.54 Å². The number of amides is 1. The van der Waals surface area contributed by atoms with Crippen molar-refractivity contribution < 1.29 is 9.53 Å². The fourth-order valence-electron chi connectivity index (χ4n) is 2.54. The topological polar surface area (TPSA) is 41.6 Å². The van der Waals surface area contributed by atoms with Crippen LogP contribution in [0.3, 0.4) is 0 Å². The number of nitrogens with one attached hydrogen (secondary N) is 1. The average molecular weight is 276 g/mol. The second-order valence-electron chi connectivity index (χ2n) is 5.11. The number of aryl methyl sites for hydroxylation is 2. The summed E-state index contributed by atoms with van der Waals surface area (Å²) in [5.41, 5.74) is 2.76. The molecule has 0 bridgehead atoms. The molecule has 1 aromatic carbocycles. The van der Waals surface area contributed by atoms with Crippen molar-refractivity contribution >= 4 is 5.91 Å². The summed E-state index contributed by atoms with van der Waals surface area (Å²) in [6, 6.07) is 6.34. The number of nitrogens with zero attached hydrogens (tertiary/aromatic N) is 1. The van der Waals surface area contributed by atoms with E-state index in [1.807, 2.05) is 6.07 Å². The highest BCUT2D eigenvalue weighted by atomic mass is 16.5. The van der Waals surface area contributed by atoms with Crippen LogP contribution in [0.25, 0.3) is 0 Å². The van der Waals surface area contributed by atoms with Crippen LogP contribution in [0, 0.1) is 0 Å². The van der Waals surface area contributed by atoms with E-state index in [-0.39, 0.29) is 5.91 Å². The van der Waals surface area contributed by atoms with Crippen LogP contribution in [0.4, 0.5) is 0 Å². The van der Waals surface area contributed by atoms with Crippen LogP contribution in [-0.4, -0.2) is 43.6 Å². The first-order chi connectivity index (χ1) is 9.72. The predicted molar refractivity (Wildman–Crippen MR) is 80.1 cm³/mol. The summed E-state index contributed by atoms with van der Waals surface area (Å²) >= 11 is 0. The lowest BCUT2D eigenvalue weighted by Crippen LogP contribution is -2.48. The van der Waals surface area contributed by atoms with E-state index in [2.05, 4.69) is 36.2 Å². The third-order valence-corrected chi connectivity index (χ3v) is 3.73. The lowest BCUT2D eigenvalue weighted by atomic mass is 10.0. The van der Waals surface area contributed by atoms with E-state index in [1.54, 1.807) is 0 Å². The summed E-state index contributed by atoms with van der Waals surface area (Å²) in [5, 5.41) is 2.83. The molecule has 1 fully saturated rings. The monoisotopic (exact) mass is 276 g/mol. The SMILES string of the molecule is CCc1ccc(OCCN2CCNC(=O)C2)cc1CC. The van der Waals surface area contributed by atoms with Crippen LogP contribution < -0.4 is 10.1 Å². The van der Waals surface area contributed by atoms with Crippen LogP contribution in [0.2, 0.25) is 0 Å². The molecule has 1 saturated heterocycles. The second kappa shape index (κ2) is 7.29. The molecule has 0 saturated carbocycles. The van der Waals surface area contributed by atoms with Crippen molar-refractivity contribution in [2.24, 2.45) is 0 Å². The number of hydrogen-bond acceptors (Lipinski definition) is 3. The molecule has 4 heteroatoms. The minimum Gasteiger partial charge on any atom is -0.492 e. The highest BCUT2D eigenvalue weighted by Gasteiger charge is 2.15. The van der Waals surface area contributed by atoms with Gasteiger partial charge in [0.1, 0.15) is 12.4 Å². The van der Waals surface area contributed by atoms with Crippen molar-refractivity contribution in [1.29, 1.82) is 0 Å². The molecule has 1 aliphatic heterocycles. The first-order valence-electron chi connectivity index (χ1n) is 7.46. The van der Waals surface area contributed by atoms with Gasteiger partial charge in [0.25, 0.3) is 0 Å². The molecule has 0 radical (unpaired) electrons. The molecule has 1 aliphatic rings. The van der Waals surface area contributed by atoms with E-state index >= 15 is 0 Å². The lowest BCUT2D eigenvalue weighted by Gasteiger charge is -2.26. The first-order valence-corrected chi connectivity index (χ1v) is 7.46. The van der Waals surface area contributed by atoms with Crippen molar-refractivity contribution in [2.45, 2.75) is 26.7 Å². The highest BCUT2D eigenvalue weighted by molar-refractivity contribution is 5.78. The maximum Gasteiger partial charge on any atom is 0.234 e. The van der Waals surface area contributed by atoms with Crippen molar-refractivity contribution in [3.63, 3.8) is 0 Å². The van der Waals surface area contributed by atoms with E-state index < -0.39 is 0 Å². The van der Waals surface area contributed by atoms with Crippen LogP contribution in [0.15, 0.2) is 18.2 Å².